The molecule has 0 saturated heterocycles. The maximum absolute atomic E-state index is 5.84. The molecule has 1 aromatic carbocycles. The summed E-state index contributed by atoms with van der Waals surface area (Å²) in [4.78, 5) is 0. The fourth-order valence-electron chi connectivity index (χ4n) is 3.22. The summed E-state index contributed by atoms with van der Waals surface area (Å²) in [5, 5.41) is 0. The second-order valence-electron chi connectivity index (χ2n) is 5.21. The van der Waals surface area contributed by atoms with Crippen molar-refractivity contribution in [3.05, 3.63) is 35.9 Å². The van der Waals surface area contributed by atoms with Crippen LogP contribution < -0.4 is 11.3 Å². The van der Waals surface area contributed by atoms with Crippen molar-refractivity contribution in [3.8, 4) is 0 Å². The Kier molecular flexibility index (Phi) is 3.85. The minimum atomic E-state index is 0.192. The zero-order valence-corrected chi connectivity index (χ0v) is 10.9. The van der Waals surface area contributed by atoms with E-state index >= 15 is 0 Å². The minimum Gasteiger partial charge on any atom is -0.271 e. The van der Waals surface area contributed by atoms with Gasteiger partial charge in [-0.1, -0.05) is 44.2 Å². The van der Waals surface area contributed by atoms with Gasteiger partial charge in [0.05, 0.1) is 0 Å². The molecule has 17 heavy (non-hydrogen) atoms. The lowest BCUT2D eigenvalue weighted by atomic mass is 9.68. The van der Waals surface area contributed by atoms with Crippen LogP contribution in [0.4, 0.5) is 0 Å². The molecule has 0 heterocycles. The number of benzene rings is 1. The van der Waals surface area contributed by atoms with E-state index in [0.717, 1.165) is 18.8 Å². The lowest BCUT2D eigenvalue weighted by Crippen LogP contribution is -2.52. The van der Waals surface area contributed by atoms with Crippen LogP contribution in [0.5, 0.6) is 0 Å². The standard InChI is InChI=1S/C15H24N2/c1-3-15(4-2,13-8-6-5-7-9-13)14(17-16)12-10-11-12/h5-9,12,14,17H,3-4,10-11,16H2,1-2H3. The topological polar surface area (TPSA) is 38.0 Å². The maximum atomic E-state index is 5.84. The lowest BCUT2D eigenvalue weighted by molar-refractivity contribution is 0.247. The molecule has 2 nitrogen and oxygen atoms in total. The van der Waals surface area contributed by atoms with Crippen molar-refractivity contribution in [2.75, 3.05) is 0 Å². The van der Waals surface area contributed by atoms with Crippen molar-refractivity contribution < 1.29 is 0 Å². The second-order valence-corrected chi connectivity index (χ2v) is 5.21. The Hall–Kier alpha value is -0.860. The van der Waals surface area contributed by atoms with E-state index in [2.05, 4.69) is 49.6 Å². The fraction of sp³-hybridized carbons (Fsp3) is 0.600. The molecule has 1 aliphatic rings. The molecule has 0 bridgehead atoms. The second kappa shape index (κ2) is 5.19. The van der Waals surface area contributed by atoms with Crippen LogP contribution in [0.25, 0.3) is 0 Å². The van der Waals surface area contributed by atoms with E-state index in [1.54, 1.807) is 0 Å². The van der Waals surface area contributed by atoms with Crippen molar-refractivity contribution in [2.24, 2.45) is 11.8 Å². The molecule has 0 aromatic heterocycles. The van der Waals surface area contributed by atoms with Crippen molar-refractivity contribution in [2.45, 2.75) is 51.0 Å². The van der Waals surface area contributed by atoms with Gasteiger partial charge in [-0.05, 0) is 37.2 Å². The summed E-state index contributed by atoms with van der Waals surface area (Å²) in [5.41, 5.74) is 4.73. The molecule has 2 rings (SSSR count). The van der Waals surface area contributed by atoms with Crippen LogP contribution in [0.2, 0.25) is 0 Å². The summed E-state index contributed by atoms with van der Waals surface area (Å²) < 4.78 is 0. The normalized spacial score (nSPS) is 18.1. The van der Waals surface area contributed by atoms with Crippen LogP contribution in [0, 0.1) is 5.92 Å². The Bertz CT molecular complexity index is 339. The molecular formula is C15H24N2. The number of hydrogen-bond acceptors (Lipinski definition) is 2. The van der Waals surface area contributed by atoms with Gasteiger partial charge in [-0.25, -0.2) is 0 Å². The SMILES string of the molecule is CCC(CC)(c1ccccc1)C(NN)C1CC1. The summed E-state index contributed by atoms with van der Waals surface area (Å²) >= 11 is 0. The smallest absolute Gasteiger partial charge is 0.0335 e. The van der Waals surface area contributed by atoms with Gasteiger partial charge in [0.15, 0.2) is 0 Å². The Morgan fingerprint density at radius 3 is 2.24 bits per heavy atom. The Labute approximate surface area is 105 Å². The van der Waals surface area contributed by atoms with E-state index in [-0.39, 0.29) is 5.41 Å². The van der Waals surface area contributed by atoms with E-state index in [9.17, 15) is 0 Å². The first-order chi connectivity index (χ1) is 8.28. The average Bonchev–Trinajstić information content (AvgIpc) is 3.21. The van der Waals surface area contributed by atoms with Gasteiger partial charge in [0.2, 0.25) is 0 Å². The first-order valence-electron chi connectivity index (χ1n) is 6.80. The molecule has 94 valence electrons. The van der Waals surface area contributed by atoms with Gasteiger partial charge in [0.25, 0.3) is 0 Å². The van der Waals surface area contributed by atoms with Gasteiger partial charge < -0.3 is 0 Å². The third kappa shape index (κ3) is 2.24. The third-order valence-electron chi connectivity index (χ3n) is 4.48. The highest BCUT2D eigenvalue weighted by Gasteiger charge is 2.45. The fourth-order valence-corrected chi connectivity index (χ4v) is 3.22. The number of hydrogen-bond donors (Lipinski definition) is 2. The zero-order valence-electron chi connectivity index (χ0n) is 10.9. The Morgan fingerprint density at radius 2 is 1.82 bits per heavy atom. The van der Waals surface area contributed by atoms with E-state index in [1.807, 2.05) is 0 Å². The quantitative estimate of drug-likeness (QED) is 0.584. The largest absolute Gasteiger partial charge is 0.271 e. The van der Waals surface area contributed by atoms with E-state index in [1.165, 1.54) is 18.4 Å². The van der Waals surface area contributed by atoms with Crippen molar-refractivity contribution in [1.29, 1.82) is 0 Å². The average molecular weight is 232 g/mol. The van der Waals surface area contributed by atoms with Crippen LogP contribution in [-0.2, 0) is 5.41 Å². The highest BCUT2D eigenvalue weighted by molar-refractivity contribution is 5.28. The molecule has 1 aromatic rings. The monoisotopic (exact) mass is 232 g/mol. The first kappa shape index (κ1) is 12.6. The van der Waals surface area contributed by atoms with Gasteiger partial charge in [-0.2, -0.15) is 0 Å². The zero-order chi connectivity index (χ0) is 12.3. The molecule has 1 unspecified atom stereocenters. The molecule has 0 amide bonds. The minimum absolute atomic E-state index is 0.192. The lowest BCUT2D eigenvalue weighted by Gasteiger charge is -2.40. The molecule has 1 fully saturated rings. The number of nitrogens with one attached hydrogen (secondary N) is 1. The highest BCUT2D eigenvalue weighted by Crippen LogP contribution is 2.45. The molecule has 0 aliphatic heterocycles. The maximum Gasteiger partial charge on any atom is 0.0335 e. The van der Waals surface area contributed by atoms with Gasteiger partial charge >= 0.3 is 0 Å². The molecular weight excluding hydrogens is 208 g/mol. The van der Waals surface area contributed by atoms with Crippen LogP contribution >= 0.6 is 0 Å². The molecule has 1 atom stereocenters. The van der Waals surface area contributed by atoms with Crippen molar-refractivity contribution in [3.63, 3.8) is 0 Å². The predicted molar refractivity (Wildman–Crippen MR) is 72.5 cm³/mol. The van der Waals surface area contributed by atoms with Gasteiger partial charge in [-0.3, -0.25) is 11.3 Å². The summed E-state index contributed by atoms with van der Waals surface area (Å²) in [6.45, 7) is 4.56. The van der Waals surface area contributed by atoms with Crippen LogP contribution in [-0.4, -0.2) is 6.04 Å². The summed E-state index contributed by atoms with van der Waals surface area (Å²) in [6, 6.07) is 11.3. The van der Waals surface area contributed by atoms with Crippen molar-refractivity contribution in [1.82, 2.24) is 5.43 Å². The predicted octanol–water partition coefficient (Wildman–Crippen LogP) is 2.99. The van der Waals surface area contributed by atoms with E-state index < -0.39 is 0 Å². The van der Waals surface area contributed by atoms with E-state index in [4.69, 9.17) is 5.84 Å². The van der Waals surface area contributed by atoms with Crippen LogP contribution in [0.1, 0.15) is 45.1 Å². The van der Waals surface area contributed by atoms with Crippen LogP contribution in [0.15, 0.2) is 30.3 Å². The molecule has 0 spiro atoms. The Balaban J connectivity index is 2.36. The number of hydrazine groups is 1. The Morgan fingerprint density at radius 1 is 1.24 bits per heavy atom. The third-order valence-corrected chi connectivity index (χ3v) is 4.48. The summed E-state index contributed by atoms with van der Waals surface area (Å²) in [5.74, 6) is 6.60. The summed E-state index contributed by atoms with van der Waals surface area (Å²) in [7, 11) is 0. The van der Waals surface area contributed by atoms with E-state index in [0.29, 0.717) is 6.04 Å². The first-order valence-corrected chi connectivity index (χ1v) is 6.80. The van der Waals surface area contributed by atoms with Gasteiger partial charge in [-0.15, -0.1) is 0 Å². The highest BCUT2D eigenvalue weighted by atomic mass is 15.2. The molecule has 2 heteroatoms. The van der Waals surface area contributed by atoms with Gasteiger partial charge in [0, 0.05) is 11.5 Å². The van der Waals surface area contributed by atoms with Gasteiger partial charge in [0.1, 0.15) is 0 Å². The summed E-state index contributed by atoms with van der Waals surface area (Å²) in [6.07, 6.45) is 4.92. The molecule has 1 aliphatic carbocycles. The van der Waals surface area contributed by atoms with Crippen molar-refractivity contribution >= 4 is 0 Å². The van der Waals surface area contributed by atoms with Crippen LogP contribution in [0.3, 0.4) is 0 Å². The molecule has 3 N–H and O–H groups in total. The number of nitrogens with two attached hydrogens (primary N) is 1. The number of rotatable bonds is 6. The molecule has 0 radical (unpaired) electrons. The molecule has 1 saturated carbocycles.